The minimum atomic E-state index is -1.09. The number of carboxylic acids is 1. The Kier molecular flexibility index (Phi) is 5.38. The molecule has 1 unspecified atom stereocenters. The zero-order valence-corrected chi connectivity index (χ0v) is 15.0. The predicted octanol–water partition coefficient (Wildman–Crippen LogP) is 3.78. The van der Waals surface area contributed by atoms with Crippen LogP contribution < -0.4 is 4.74 Å². The first-order valence-corrected chi connectivity index (χ1v) is 8.45. The molecule has 27 heavy (non-hydrogen) atoms. The van der Waals surface area contributed by atoms with Crippen LogP contribution in [0.3, 0.4) is 0 Å². The zero-order valence-electron chi connectivity index (χ0n) is 15.0. The molecule has 0 spiro atoms. The number of ether oxygens (including phenoxy) is 1. The number of benzene rings is 2. The minimum absolute atomic E-state index is 0.126. The van der Waals surface area contributed by atoms with Crippen LogP contribution in [0.1, 0.15) is 29.8 Å². The maximum absolute atomic E-state index is 11.5. The number of rotatable bonds is 6. The molecule has 0 radical (unpaired) electrons. The average Bonchev–Trinajstić information content (AvgIpc) is 3.03. The Bertz CT molecular complexity index is 977. The van der Waals surface area contributed by atoms with Crippen LogP contribution in [-0.4, -0.2) is 26.0 Å². The Labute approximate surface area is 157 Å². The summed E-state index contributed by atoms with van der Waals surface area (Å²) < 4.78 is 7.33. The van der Waals surface area contributed by atoms with E-state index in [1.54, 1.807) is 44.3 Å². The van der Waals surface area contributed by atoms with Crippen LogP contribution in [0.5, 0.6) is 11.6 Å². The third kappa shape index (κ3) is 3.91. The predicted molar refractivity (Wildman–Crippen MR) is 102 cm³/mol. The molecule has 6 heteroatoms. The van der Waals surface area contributed by atoms with E-state index in [0.717, 1.165) is 0 Å². The molecule has 3 aromatic rings. The molecule has 6 nitrogen and oxygen atoms in total. The summed E-state index contributed by atoms with van der Waals surface area (Å²) in [6.07, 6.45) is 0.422. The number of nitrogens with zero attached hydrogens (tertiary/aromatic N) is 2. The molecule has 0 saturated carbocycles. The van der Waals surface area contributed by atoms with Crippen LogP contribution in [0, 0.1) is 0 Å². The number of aliphatic carboxylic acids is 1. The molecule has 0 aliphatic carbocycles. The van der Waals surface area contributed by atoms with Crippen LogP contribution in [-0.2, 0) is 11.8 Å². The smallest absolute Gasteiger partial charge is 0.335 e. The Hall–Kier alpha value is -3.38. The average molecular weight is 364 g/mol. The molecule has 138 valence electrons. The van der Waals surface area contributed by atoms with Gasteiger partial charge in [-0.3, -0.25) is 0 Å². The fraction of sp³-hybridized carbons (Fsp3) is 0.143. The number of aliphatic hydroxyl groups excluding tert-OH is 1. The van der Waals surface area contributed by atoms with E-state index in [9.17, 15) is 15.0 Å². The van der Waals surface area contributed by atoms with Gasteiger partial charge in [-0.1, -0.05) is 48.5 Å². The Morgan fingerprint density at radius 2 is 1.81 bits per heavy atom. The number of allylic oxidation sites excluding steroid dienone is 1. The van der Waals surface area contributed by atoms with Gasteiger partial charge in [-0.05, 0) is 30.2 Å². The van der Waals surface area contributed by atoms with Crippen molar-refractivity contribution in [2.24, 2.45) is 7.05 Å². The van der Waals surface area contributed by atoms with Gasteiger partial charge >= 0.3 is 5.97 Å². The highest BCUT2D eigenvalue weighted by molar-refractivity contribution is 6.15. The first-order chi connectivity index (χ1) is 13.0. The largest absolute Gasteiger partial charge is 0.478 e. The molecular formula is C21H20N2O4. The molecule has 3 rings (SSSR count). The van der Waals surface area contributed by atoms with E-state index in [2.05, 4.69) is 5.10 Å². The van der Waals surface area contributed by atoms with Gasteiger partial charge in [-0.2, -0.15) is 5.10 Å². The summed E-state index contributed by atoms with van der Waals surface area (Å²) in [6, 6.07) is 17.8. The monoisotopic (exact) mass is 364 g/mol. The van der Waals surface area contributed by atoms with Gasteiger partial charge < -0.3 is 14.9 Å². The molecule has 1 atom stereocenters. The second kappa shape index (κ2) is 7.88. The first-order valence-electron chi connectivity index (χ1n) is 8.45. The Morgan fingerprint density at radius 1 is 1.15 bits per heavy atom. The van der Waals surface area contributed by atoms with Gasteiger partial charge in [0.25, 0.3) is 0 Å². The van der Waals surface area contributed by atoms with E-state index in [1.165, 1.54) is 10.8 Å². The van der Waals surface area contributed by atoms with Crippen molar-refractivity contribution in [1.82, 2.24) is 9.78 Å². The van der Waals surface area contributed by atoms with Crippen LogP contribution >= 0.6 is 0 Å². The fourth-order valence-electron chi connectivity index (χ4n) is 2.84. The lowest BCUT2D eigenvalue weighted by atomic mass is 9.94. The van der Waals surface area contributed by atoms with Crippen molar-refractivity contribution in [3.8, 4) is 11.6 Å². The zero-order chi connectivity index (χ0) is 19.4. The van der Waals surface area contributed by atoms with E-state index in [0.29, 0.717) is 28.5 Å². The molecule has 0 amide bonds. The summed E-state index contributed by atoms with van der Waals surface area (Å²) >= 11 is 0. The molecule has 2 N–H and O–H groups in total. The lowest BCUT2D eigenvalue weighted by molar-refractivity contribution is -0.130. The second-order valence-electron chi connectivity index (χ2n) is 5.94. The number of hydrogen-bond acceptors (Lipinski definition) is 4. The van der Waals surface area contributed by atoms with Crippen LogP contribution in [0.25, 0.3) is 5.57 Å². The quantitative estimate of drug-likeness (QED) is 0.650. The molecule has 2 aromatic carbocycles. The van der Waals surface area contributed by atoms with Crippen LogP contribution in [0.4, 0.5) is 0 Å². The van der Waals surface area contributed by atoms with Gasteiger partial charge in [0, 0.05) is 13.1 Å². The number of para-hydroxylation sites is 1. The van der Waals surface area contributed by atoms with E-state index in [4.69, 9.17) is 4.74 Å². The van der Waals surface area contributed by atoms with Gasteiger partial charge in [0.05, 0.1) is 11.3 Å². The van der Waals surface area contributed by atoms with Crippen molar-refractivity contribution in [2.75, 3.05) is 0 Å². The summed E-state index contributed by atoms with van der Waals surface area (Å²) in [7, 11) is 1.72. The topological polar surface area (TPSA) is 84.6 Å². The number of carboxylic acid groups (broad SMARTS) is 1. The van der Waals surface area contributed by atoms with E-state index < -0.39 is 12.1 Å². The first kappa shape index (κ1) is 18.4. The number of carbonyl (C=O) groups is 1. The maximum Gasteiger partial charge on any atom is 0.335 e. The third-order valence-corrected chi connectivity index (χ3v) is 4.17. The van der Waals surface area contributed by atoms with E-state index in [1.807, 2.05) is 30.3 Å². The maximum atomic E-state index is 11.5. The van der Waals surface area contributed by atoms with Gasteiger partial charge in [-0.25, -0.2) is 9.48 Å². The molecule has 0 fully saturated rings. The van der Waals surface area contributed by atoms with Crippen LogP contribution in [0.15, 0.2) is 66.7 Å². The standard InChI is InChI=1S/C21H20N2O4/c1-3-15(21(25)26)16-11-7-8-12-17(16)20(24)18-13-19(23(2)22-18)27-14-9-5-4-6-10-14/h3-13,20,24H,1-2H3,(H,25,26)/b15-3+. The molecule has 0 aliphatic rings. The normalized spacial score (nSPS) is 12.6. The number of aliphatic hydroxyl groups is 1. The van der Waals surface area contributed by atoms with Crippen molar-refractivity contribution in [2.45, 2.75) is 13.0 Å². The van der Waals surface area contributed by atoms with Crippen molar-refractivity contribution in [3.63, 3.8) is 0 Å². The van der Waals surface area contributed by atoms with E-state index >= 15 is 0 Å². The highest BCUT2D eigenvalue weighted by atomic mass is 16.5. The number of aromatic nitrogens is 2. The second-order valence-corrected chi connectivity index (χ2v) is 5.94. The lowest BCUT2D eigenvalue weighted by Gasteiger charge is -2.14. The molecule has 1 heterocycles. The van der Waals surface area contributed by atoms with Crippen molar-refractivity contribution >= 4 is 11.5 Å². The Balaban J connectivity index is 1.95. The van der Waals surface area contributed by atoms with Crippen molar-refractivity contribution in [1.29, 1.82) is 0 Å². The fourth-order valence-corrected chi connectivity index (χ4v) is 2.84. The van der Waals surface area contributed by atoms with E-state index in [-0.39, 0.29) is 5.57 Å². The van der Waals surface area contributed by atoms with Gasteiger partial charge in [-0.15, -0.1) is 0 Å². The lowest BCUT2D eigenvalue weighted by Crippen LogP contribution is -2.08. The minimum Gasteiger partial charge on any atom is -0.478 e. The van der Waals surface area contributed by atoms with Gasteiger partial charge in [0.2, 0.25) is 5.88 Å². The van der Waals surface area contributed by atoms with Gasteiger partial charge in [0.15, 0.2) is 0 Å². The molecule has 0 aliphatic heterocycles. The molecular weight excluding hydrogens is 344 g/mol. The highest BCUT2D eigenvalue weighted by Gasteiger charge is 2.22. The summed E-state index contributed by atoms with van der Waals surface area (Å²) in [4.78, 5) is 11.5. The highest BCUT2D eigenvalue weighted by Crippen LogP contribution is 2.31. The summed E-state index contributed by atoms with van der Waals surface area (Å²) in [5, 5.41) is 24.6. The molecule has 0 bridgehead atoms. The van der Waals surface area contributed by atoms with Crippen LogP contribution in [0.2, 0.25) is 0 Å². The van der Waals surface area contributed by atoms with Gasteiger partial charge in [0.1, 0.15) is 11.9 Å². The SMILES string of the molecule is C/C=C(/C(=O)O)c1ccccc1C(O)c1cc(Oc2ccccc2)n(C)n1. The summed E-state index contributed by atoms with van der Waals surface area (Å²) in [5.74, 6) is 0.0764. The van der Waals surface area contributed by atoms with Crippen molar-refractivity contribution < 1.29 is 19.7 Å². The third-order valence-electron chi connectivity index (χ3n) is 4.17. The summed E-state index contributed by atoms with van der Waals surface area (Å²) in [5.41, 5.74) is 1.42. The molecule has 1 aromatic heterocycles. The Morgan fingerprint density at radius 3 is 2.48 bits per heavy atom. The summed E-state index contributed by atoms with van der Waals surface area (Å²) in [6.45, 7) is 1.65. The molecule has 0 saturated heterocycles. The number of hydrogen-bond donors (Lipinski definition) is 2. The van der Waals surface area contributed by atoms with Crippen molar-refractivity contribution in [3.05, 3.63) is 83.6 Å². The number of aryl methyl sites for hydroxylation is 1.